The Morgan fingerprint density at radius 2 is 1.89 bits per heavy atom. The second-order valence-corrected chi connectivity index (χ2v) is 5.82. The molecule has 6 heteroatoms. The van der Waals surface area contributed by atoms with Crippen LogP contribution in [-0.2, 0) is 9.59 Å². The van der Waals surface area contributed by atoms with Gasteiger partial charge in [0.2, 0.25) is 0 Å². The van der Waals surface area contributed by atoms with E-state index in [0.29, 0.717) is 12.5 Å². The molecule has 18 heavy (non-hydrogen) atoms. The van der Waals surface area contributed by atoms with E-state index in [9.17, 15) is 9.59 Å². The number of rotatable bonds is 4. The van der Waals surface area contributed by atoms with Crippen molar-refractivity contribution in [2.75, 3.05) is 13.1 Å². The Hall–Kier alpha value is -1.17. The van der Waals surface area contributed by atoms with E-state index in [0.717, 1.165) is 11.8 Å². The number of nitrogens with one attached hydrogen (secondary N) is 2. The molecule has 3 unspecified atom stereocenters. The van der Waals surface area contributed by atoms with Gasteiger partial charge in [0.15, 0.2) is 0 Å². The molecule has 2 bridgehead atoms. The van der Waals surface area contributed by atoms with Gasteiger partial charge in [-0.1, -0.05) is 18.6 Å². The van der Waals surface area contributed by atoms with Crippen LogP contribution in [0.4, 0.5) is 0 Å². The van der Waals surface area contributed by atoms with E-state index < -0.39 is 11.8 Å². The average Bonchev–Trinajstić information content (AvgIpc) is 2.94. The third kappa shape index (κ3) is 3.19. The molecule has 2 fully saturated rings. The van der Waals surface area contributed by atoms with Crippen LogP contribution in [0.3, 0.4) is 0 Å². The molecule has 2 aliphatic rings. The molecule has 0 aromatic carbocycles. The van der Waals surface area contributed by atoms with Crippen molar-refractivity contribution < 1.29 is 9.59 Å². The summed E-state index contributed by atoms with van der Waals surface area (Å²) in [5.74, 6) is 0.895. The molecule has 2 amide bonds. The Morgan fingerprint density at radius 1 is 1.17 bits per heavy atom. The number of fused-ring (bicyclic) bond motifs is 2. The zero-order valence-electron chi connectivity index (χ0n) is 10.3. The van der Waals surface area contributed by atoms with Crippen molar-refractivity contribution in [2.24, 2.45) is 23.5 Å². The minimum Gasteiger partial charge on any atom is -0.392 e. The van der Waals surface area contributed by atoms with Crippen LogP contribution in [0.1, 0.15) is 25.7 Å². The average molecular weight is 269 g/mol. The van der Waals surface area contributed by atoms with E-state index in [2.05, 4.69) is 22.9 Å². The molecule has 2 rings (SSSR count). The Bertz CT molecular complexity index is 372. The zero-order chi connectivity index (χ0) is 13.1. The van der Waals surface area contributed by atoms with E-state index in [1.54, 1.807) is 0 Å². The van der Waals surface area contributed by atoms with Crippen LogP contribution in [0.5, 0.6) is 0 Å². The summed E-state index contributed by atoms with van der Waals surface area (Å²) in [6.07, 6.45) is 5.11. The van der Waals surface area contributed by atoms with E-state index in [4.69, 9.17) is 5.73 Å². The fourth-order valence-electron chi connectivity index (χ4n) is 3.18. The molecule has 100 valence electrons. The smallest absolute Gasteiger partial charge is 0.309 e. The van der Waals surface area contributed by atoms with E-state index in [1.807, 2.05) is 0 Å². The number of carbonyl (C=O) groups excluding carboxylic acids is 2. The van der Waals surface area contributed by atoms with Crippen LogP contribution < -0.4 is 16.4 Å². The molecule has 0 aromatic rings. The SMILES string of the molecule is NC(=S)CNC(=O)C(=O)NCC1CC2CCC1C2. The highest BCUT2D eigenvalue weighted by atomic mass is 32.1. The second-order valence-electron chi connectivity index (χ2n) is 5.29. The molecular weight excluding hydrogens is 250 g/mol. The van der Waals surface area contributed by atoms with Gasteiger partial charge in [-0.25, -0.2) is 0 Å². The molecule has 2 aliphatic carbocycles. The lowest BCUT2D eigenvalue weighted by atomic mass is 9.89. The highest BCUT2D eigenvalue weighted by molar-refractivity contribution is 7.80. The Labute approximate surface area is 112 Å². The normalized spacial score (nSPS) is 29.0. The van der Waals surface area contributed by atoms with Crippen molar-refractivity contribution in [3.05, 3.63) is 0 Å². The summed E-state index contributed by atoms with van der Waals surface area (Å²) in [6, 6.07) is 0. The van der Waals surface area contributed by atoms with E-state index >= 15 is 0 Å². The van der Waals surface area contributed by atoms with Gasteiger partial charge in [0.1, 0.15) is 0 Å². The van der Waals surface area contributed by atoms with E-state index in [1.165, 1.54) is 25.7 Å². The third-order valence-electron chi connectivity index (χ3n) is 4.04. The summed E-state index contributed by atoms with van der Waals surface area (Å²) >= 11 is 4.62. The van der Waals surface area contributed by atoms with Crippen molar-refractivity contribution in [3.63, 3.8) is 0 Å². The van der Waals surface area contributed by atoms with Crippen molar-refractivity contribution >= 4 is 29.0 Å². The molecule has 0 radical (unpaired) electrons. The van der Waals surface area contributed by atoms with Crippen LogP contribution in [0.15, 0.2) is 0 Å². The van der Waals surface area contributed by atoms with Crippen LogP contribution in [-0.4, -0.2) is 29.9 Å². The first-order valence-electron chi connectivity index (χ1n) is 6.40. The summed E-state index contributed by atoms with van der Waals surface area (Å²) in [5, 5.41) is 5.07. The molecule has 0 aromatic heterocycles. The van der Waals surface area contributed by atoms with Crippen LogP contribution in [0.25, 0.3) is 0 Å². The molecular formula is C12H19N3O2S. The molecule has 4 N–H and O–H groups in total. The zero-order valence-corrected chi connectivity index (χ0v) is 11.1. The van der Waals surface area contributed by atoms with E-state index in [-0.39, 0.29) is 11.5 Å². The lowest BCUT2D eigenvalue weighted by molar-refractivity contribution is -0.139. The van der Waals surface area contributed by atoms with Crippen molar-refractivity contribution in [1.82, 2.24) is 10.6 Å². The van der Waals surface area contributed by atoms with Gasteiger partial charge in [0, 0.05) is 6.54 Å². The molecule has 0 heterocycles. The van der Waals surface area contributed by atoms with Crippen LogP contribution in [0.2, 0.25) is 0 Å². The topological polar surface area (TPSA) is 84.2 Å². The summed E-state index contributed by atoms with van der Waals surface area (Å²) < 4.78 is 0. The predicted molar refractivity (Wildman–Crippen MR) is 71.7 cm³/mol. The maximum absolute atomic E-state index is 11.5. The van der Waals surface area contributed by atoms with Gasteiger partial charge in [0.05, 0.1) is 11.5 Å². The molecule has 5 nitrogen and oxygen atoms in total. The fourth-order valence-corrected chi connectivity index (χ4v) is 3.25. The maximum Gasteiger partial charge on any atom is 0.309 e. The molecule has 0 spiro atoms. The molecule has 2 saturated carbocycles. The number of carbonyl (C=O) groups is 2. The van der Waals surface area contributed by atoms with Crippen LogP contribution >= 0.6 is 12.2 Å². The standard InChI is InChI=1S/C12H19N3O2S/c13-10(18)6-15-12(17)11(16)14-5-9-4-7-1-2-8(9)3-7/h7-9H,1-6H2,(H2,13,18)(H,14,16)(H,15,17). The first-order valence-corrected chi connectivity index (χ1v) is 6.81. The number of amides is 2. The maximum atomic E-state index is 11.5. The van der Waals surface area contributed by atoms with Gasteiger partial charge < -0.3 is 16.4 Å². The quantitative estimate of drug-likeness (QED) is 0.493. The minimum absolute atomic E-state index is 0.0652. The number of nitrogens with two attached hydrogens (primary N) is 1. The largest absolute Gasteiger partial charge is 0.392 e. The summed E-state index contributed by atoms with van der Waals surface area (Å²) in [4.78, 5) is 23.1. The van der Waals surface area contributed by atoms with Gasteiger partial charge in [-0.2, -0.15) is 0 Å². The van der Waals surface area contributed by atoms with Crippen molar-refractivity contribution in [1.29, 1.82) is 0 Å². The fraction of sp³-hybridized carbons (Fsp3) is 0.750. The van der Waals surface area contributed by atoms with Gasteiger partial charge in [-0.3, -0.25) is 9.59 Å². The van der Waals surface area contributed by atoms with Crippen molar-refractivity contribution in [2.45, 2.75) is 25.7 Å². The Kier molecular flexibility index (Phi) is 4.16. The van der Waals surface area contributed by atoms with Gasteiger partial charge in [0.25, 0.3) is 0 Å². The predicted octanol–water partition coefficient (Wildman–Crippen LogP) is -0.0589. The lowest BCUT2D eigenvalue weighted by Crippen LogP contribution is -2.44. The summed E-state index contributed by atoms with van der Waals surface area (Å²) in [6.45, 7) is 0.677. The Balaban J connectivity index is 1.68. The van der Waals surface area contributed by atoms with Gasteiger partial charge in [-0.15, -0.1) is 0 Å². The number of hydrogen-bond donors (Lipinski definition) is 3. The number of thiocarbonyl (C=S) groups is 1. The molecule has 0 saturated heterocycles. The summed E-state index contributed by atoms with van der Waals surface area (Å²) in [7, 11) is 0. The van der Waals surface area contributed by atoms with Gasteiger partial charge >= 0.3 is 11.8 Å². The minimum atomic E-state index is -0.661. The second kappa shape index (κ2) is 5.65. The first kappa shape index (κ1) is 13.3. The molecule has 0 aliphatic heterocycles. The van der Waals surface area contributed by atoms with Crippen molar-refractivity contribution in [3.8, 4) is 0 Å². The number of hydrogen-bond acceptors (Lipinski definition) is 3. The monoisotopic (exact) mass is 269 g/mol. The highest BCUT2D eigenvalue weighted by Crippen LogP contribution is 2.47. The first-order chi connectivity index (χ1) is 8.56. The van der Waals surface area contributed by atoms with Crippen LogP contribution in [0, 0.1) is 17.8 Å². The lowest BCUT2D eigenvalue weighted by Gasteiger charge is -2.21. The third-order valence-corrected chi connectivity index (χ3v) is 4.18. The van der Waals surface area contributed by atoms with Gasteiger partial charge in [-0.05, 0) is 37.0 Å². The molecule has 3 atom stereocenters. The Morgan fingerprint density at radius 3 is 2.44 bits per heavy atom. The summed E-state index contributed by atoms with van der Waals surface area (Å²) in [5.41, 5.74) is 5.24. The highest BCUT2D eigenvalue weighted by Gasteiger charge is 2.39.